The third-order valence-corrected chi connectivity index (χ3v) is 8.16. The third kappa shape index (κ3) is 5.33. The summed E-state index contributed by atoms with van der Waals surface area (Å²) in [5.74, 6) is 13.5. The molecule has 0 fully saturated rings. The highest BCUT2D eigenvalue weighted by Crippen LogP contribution is 2.54. The highest BCUT2D eigenvalue weighted by Gasteiger charge is 2.41. The lowest BCUT2D eigenvalue weighted by molar-refractivity contribution is 0.435. The van der Waals surface area contributed by atoms with E-state index in [0.29, 0.717) is 0 Å². The molecule has 0 saturated carbocycles. The van der Waals surface area contributed by atoms with Crippen LogP contribution in [0.3, 0.4) is 0 Å². The lowest BCUT2D eigenvalue weighted by atomic mass is 9.71. The summed E-state index contributed by atoms with van der Waals surface area (Å²) in [5.41, 5.74) is 9.72. The third-order valence-electron chi connectivity index (χ3n) is 7.10. The molecule has 0 atom stereocenters. The Labute approximate surface area is 237 Å². The quantitative estimate of drug-likeness (QED) is 0.202. The minimum Gasteiger partial charge on any atom is -0.0653 e. The molecule has 0 aromatic heterocycles. The monoisotopic (exact) mass is 606 g/mol. The molecule has 4 aromatic rings. The zero-order valence-corrected chi connectivity index (χ0v) is 24.3. The molecule has 5 rings (SSSR count). The van der Waals surface area contributed by atoms with E-state index < -0.39 is 0 Å². The minimum absolute atomic E-state index is 0.00122. The van der Waals surface area contributed by atoms with Crippen molar-refractivity contribution in [1.82, 2.24) is 0 Å². The SMILES string of the molecule is CCCC1(CCC)c2cc(C#Cc3ccc(Br)cc3)ccc2-c2ccc(C#Cc3ccc(Br)cc3)cc21. The summed E-state index contributed by atoms with van der Waals surface area (Å²) in [6, 6.07) is 29.9. The summed E-state index contributed by atoms with van der Waals surface area (Å²) in [7, 11) is 0. The number of halogens is 2. The highest BCUT2D eigenvalue weighted by atomic mass is 79.9. The molecule has 0 heterocycles. The maximum Gasteiger partial charge on any atom is 0.0252 e. The summed E-state index contributed by atoms with van der Waals surface area (Å²) in [4.78, 5) is 0. The zero-order valence-electron chi connectivity index (χ0n) is 21.2. The number of benzene rings is 4. The van der Waals surface area contributed by atoms with Crippen LogP contribution < -0.4 is 0 Å². The highest BCUT2D eigenvalue weighted by molar-refractivity contribution is 9.10. The molecule has 2 heteroatoms. The number of hydrogen-bond donors (Lipinski definition) is 0. The van der Waals surface area contributed by atoms with Gasteiger partial charge in [-0.3, -0.25) is 0 Å². The summed E-state index contributed by atoms with van der Waals surface area (Å²) < 4.78 is 2.14. The summed E-state index contributed by atoms with van der Waals surface area (Å²) in [6.45, 7) is 4.59. The Bertz CT molecular complexity index is 1430. The van der Waals surface area contributed by atoms with Crippen molar-refractivity contribution in [2.75, 3.05) is 0 Å². The van der Waals surface area contributed by atoms with E-state index in [2.05, 4.69) is 130 Å². The summed E-state index contributed by atoms with van der Waals surface area (Å²) in [6.07, 6.45) is 4.49. The van der Waals surface area contributed by atoms with Gasteiger partial charge in [0.15, 0.2) is 0 Å². The molecule has 37 heavy (non-hydrogen) atoms. The van der Waals surface area contributed by atoms with Crippen molar-refractivity contribution in [3.05, 3.63) is 127 Å². The van der Waals surface area contributed by atoms with E-state index in [9.17, 15) is 0 Å². The Hall–Kier alpha value is -3.04. The summed E-state index contributed by atoms with van der Waals surface area (Å²) in [5, 5.41) is 0. The lowest BCUT2D eigenvalue weighted by Crippen LogP contribution is -2.25. The van der Waals surface area contributed by atoms with Crippen molar-refractivity contribution in [2.45, 2.75) is 44.9 Å². The van der Waals surface area contributed by atoms with Crippen molar-refractivity contribution in [3.8, 4) is 34.8 Å². The Balaban J connectivity index is 1.57. The molecular formula is C35H28Br2. The predicted octanol–water partition coefficient (Wildman–Crippen LogP) is 9.88. The van der Waals surface area contributed by atoms with E-state index in [4.69, 9.17) is 0 Å². The van der Waals surface area contributed by atoms with Gasteiger partial charge in [0.2, 0.25) is 0 Å². The fourth-order valence-corrected chi connectivity index (χ4v) is 6.05. The zero-order chi connectivity index (χ0) is 25.8. The van der Waals surface area contributed by atoms with Crippen LogP contribution in [0, 0.1) is 23.7 Å². The maximum atomic E-state index is 3.50. The molecular weight excluding hydrogens is 580 g/mol. The average Bonchev–Trinajstić information content (AvgIpc) is 3.17. The van der Waals surface area contributed by atoms with Gasteiger partial charge in [0.1, 0.15) is 0 Å². The van der Waals surface area contributed by atoms with E-state index in [0.717, 1.165) is 56.9 Å². The molecule has 0 spiro atoms. The van der Waals surface area contributed by atoms with Crippen LogP contribution in [-0.2, 0) is 5.41 Å². The first-order valence-electron chi connectivity index (χ1n) is 12.9. The van der Waals surface area contributed by atoms with Gasteiger partial charge in [0.25, 0.3) is 0 Å². The molecule has 0 bridgehead atoms. The Morgan fingerprint density at radius 1 is 0.514 bits per heavy atom. The second-order valence-corrected chi connectivity index (χ2v) is 11.4. The molecule has 4 aromatic carbocycles. The molecule has 1 aliphatic carbocycles. The smallest absolute Gasteiger partial charge is 0.0252 e. The normalized spacial score (nSPS) is 12.5. The second kappa shape index (κ2) is 11.1. The van der Waals surface area contributed by atoms with Gasteiger partial charge in [0.05, 0.1) is 0 Å². The van der Waals surface area contributed by atoms with Gasteiger partial charge in [-0.05, 0) is 108 Å². The first kappa shape index (κ1) is 25.6. The second-order valence-electron chi connectivity index (χ2n) is 9.62. The fourth-order valence-electron chi connectivity index (χ4n) is 5.52. The Morgan fingerprint density at radius 2 is 0.865 bits per heavy atom. The van der Waals surface area contributed by atoms with Crippen molar-refractivity contribution < 1.29 is 0 Å². The molecule has 0 unspecified atom stereocenters. The number of fused-ring (bicyclic) bond motifs is 3. The minimum atomic E-state index is -0.00122. The predicted molar refractivity (Wildman–Crippen MR) is 163 cm³/mol. The van der Waals surface area contributed by atoms with Crippen LogP contribution in [-0.4, -0.2) is 0 Å². The largest absolute Gasteiger partial charge is 0.0653 e. The van der Waals surface area contributed by atoms with Crippen LogP contribution >= 0.6 is 31.9 Å². The molecule has 1 aliphatic rings. The standard InChI is InChI=1S/C35H28Br2/c1-3-21-35(22-4-2)33-23-27(7-5-25-9-15-29(36)16-10-25)13-19-31(33)32-20-14-28(24-34(32)35)8-6-26-11-17-30(37)18-12-26/h9-20,23-24H,3-4,21-22H2,1-2H3. The Morgan fingerprint density at radius 3 is 1.24 bits per heavy atom. The van der Waals surface area contributed by atoms with E-state index in [-0.39, 0.29) is 5.41 Å². The maximum absolute atomic E-state index is 3.50. The average molecular weight is 608 g/mol. The van der Waals surface area contributed by atoms with Gasteiger partial charge in [-0.2, -0.15) is 0 Å². The number of rotatable bonds is 4. The molecule has 0 radical (unpaired) electrons. The molecule has 182 valence electrons. The van der Waals surface area contributed by atoms with Gasteiger partial charge in [0, 0.05) is 36.6 Å². The van der Waals surface area contributed by atoms with Crippen LogP contribution in [0.2, 0.25) is 0 Å². The van der Waals surface area contributed by atoms with E-state index >= 15 is 0 Å². The molecule has 0 amide bonds. The Kier molecular flexibility index (Phi) is 7.71. The van der Waals surface area contributed by atoms with Gasteiger partial charge in [-0.1, -0.05) is 94.4 Å². The fraction of sp³-hybridized carbons (Fsp3) is 0.200. The van der Waals surface area contributed by atoms with Crippen LogP contribution in [0.25, 0.3) is 11.1 Å². The van der Waals surface area contributed by atoms with Crippen molar-refractivity contribution in [2.24, 2.45) is 0 Å². The van der Waals surface area contributed by atoms with Crippen LogP contribution in [0.1, 0.15) is 72.9 Å². The van der Waals surface area contributed by atoms with E-state index in [1.54, 1.807) is 0 Å². The topological polar surface area (TPSA) is 0 Å². The van der Waals surface area contributed by atoms with E-state index in [1.807, 2.05) is 24.3 Å². The van der Waals surface area contributed by atoms with Gasteiger partial charge in [-0.15, -0.1) is 0 Å². The lowest BCUT2D eigenvalue weighted by Gasteiger charge is -2.32. The van der Waals surface area contributed by atoms with Crippen molar-refractivity contribution in [1.29, 1.82) is 0 Å². The van der Waals surface area contributed by atoms with Gasteiger partial charge in [-0.25, -0.2) is 0 Å². The van der Waals surface area contributed by atoms with Crippen molar-refractivity contribution >= 4 is 31.9 Å². The first-order valence-corrected chi connectivity index (χ1v) is 14.5. The molecule has 0 aliphatic heterocycles. The molecule has 0 N–H and O–H groups in total. The van der Waals surface area contributed by atoms with E-state index in [1.165, 1.54) is 22.3 Å². The van der Waals surface area contributed by atoms with Crippen LogP contribution in [0.4, 0.5) is 0 Å². The first-order chi connectivity index (χ1) is 18.0. The van der Waals surface area contributed by atoms with Gasteiger partial charge >= 0.3 is 0 Å². The van der Waals surface area contributed by atoms with Gasteiger partial charge < -0.3 is 0 Å². The van der Waals surface area contributed by atoms with Crippen molar-refractivity contribution in [3.63, 3.8) is 0 Å². The summed E-state index contributed by atoms with van der Waals surface area (Å²) >= 11 is 7.00. The van der Waals surface area contributed by atoms with Crippen LogP contribution in [0.15, 0.2) is 93.9 Å². The molecule has 0 nitrogen and oxygen atoms in total. The van der Waals surface area contributed by atoms with Crippen LogP contribution in [0.5, 0.6) is 0 Å². The number of hydrogen-bond acceptors (Lipinski definition) is 0. The molecule has 0 saturated heterocycles.